The second-order valence-electron chi connectivity index (χ2n) is 13.0. The standard InChI is InChI=1S/C41H44N2O4S/c1-29-24-31(12-13-33(29)27-43-20-8-9-21-43)40(44)39-35-16-15-34(47-28-30-10-4-3-5-11-30)26-38(35)48-41(39)32-14-17-36(37(25-32)45-2)46-23-22-42-18-6-7-19-42/h3-5,10-17,24-26H,6-9,18-23,27-28H2,1-2H3. The van der Waals surface area contributed by atoms with Gasteiger partial charge < -0.3 is 14.2 Å². The number of rotatable bonds is 13. The fourth-order valence-corrected chi connectivity index (χ4v) is 8.12. The van der Waals surface area contributed by atoms with Gasteiger partial charge in [0.05, 0.1) is 7.11 Å². The molecule has 1 aromatic heterocycles. The highest BCUT2D eigenvalue weighted by atomic mass is 32.1. The van der Waals surface area contributed by atoms with Gasteiger partial charge in [-0.3, -0.25) is 14.6 Å². The maximum absolute atomic E-state index is 14.5. The van der Waals surface area contributed by atoms with Crippen molar-refractivity contribution >= 4 is 27.2 Å². The van der Waals surface area contributed by atoms with Gasteiger partial charge in [-0.15, -0.1) is 11.3 Å². The zero-order chi connectivity index (χ0) is 32.9. The lowest BCUT2D eigenvalue weighted by Crippen LogP contribution is -2.25. The van der Waals surface area contributed by atoms with E-state index >= 15 is 0 Å². The summed E-state index contributed by atoms with van der Waals surface area (Å²) in [6.45, 7) is 9.63. The van der Waals surface area contributed by atoms with E-state index in [1.165, 1.54) is 31.2 Å². The molecule has 0 aliphatic carbocycles. The molecule has 248 valence electrons. The zero-order valence-corrected chi connectivity index (χ0v) is 28.8. The van der Waals surface area contributed by atoms with Gasteiger partial charge in [0.25, 0.3) is 0 Å². The summed E-state index contributed by atoms with van der Waals surface area (Å²) in [4.78, 5) is 20.4. The average molecular weight is 661 g/mol. The molecule has 0 unspecified atom stereocenters. The van der Waals surface area contributed by atoms with Crippen molar-refractivity contribution in [3.05, 3.63) is 113 Å². The Morgan fingerprint density at radius 3 is 2.31 bits per heavy atom. The molecule has 2 fully saturated rings. The van der Waals surface area contributed by atoms with Crippen LogP contribution in [0.3, 0.4) is 0 Å². The normalized spacial score (nSPS) is 15.3. The first kappa shape index (κ1) is 32.4. The maximum Gasteiger partial charge on any atom is 0.195 e. The molecule has 5 aromatic rings. The molecule has 2 saturated heterocycles. The number of aryl methyl sites for hydroxylation is 1. The van der Waals surface area contributed by atoms with E-state index in [0.717, 1.165) is 82.4 Å². The fraction of sp³-hybridized carbons (Fsp3) is 0.341. The molecule has 2 aliphatic rings. The minimum atomic E-state index is 0.0231. The van der Waals surface area contributed by atoms with Crippen LogP contribution in [-0.2, 0) is 13.2 Å². The van der Waals surface area contributed by atoms with Gasteiger partial charge in [0, 0.05) is 39.2 Å². The van der Waals surface area contributed by atoms with Gasteiger partial charge in [-0.05, 0) is 124 Å². The Bertz CT molecular complexity index is 1870. The van der Waals surface area contributed by atoms with Crippen LogP contribution < -0.4 is 14.2 Å². The van der Waals surface area contributed by atoms with Gasteiger partial charge in [-0.1, -0.05) is 42.5 Å². The summed E-state index contributed by atoms with van der Waals surface area (Å²) in [5, 5.41) is 0.927. The fourth-order valence-electron chi connectivity index (χ4n) is 6.90. The molecule has 2 aliphatic heterocycles. The molecule has 4 aromatic carbocycles. The molecule has 0 spiro atoms. The third-order valence-corrected chi connectivity index (χ3v) is 10.8. The molecule has 0 N–H and O–H groups in total. The van der Waals surface area contributed by atoms with Crippen molar-refractivity contribution in [2.75, 3.05) is 46.4 Å². The van der Waals surface area contributed by atoms with Crippen molar-refractivity contribution in [3.63, 3.8) is 0 Å². The summed E-state index contributed by atoms with van der Waals surface area (Å²) in [5.74, 6) is 2.18. The van der Waals surface area contributed by atoms with Crippen LogP contribution in [0.1, 0.15) is 58.3 Å². The van der Waals surface area contributed by atoms with Gasteiger partial charge in [0.1, 0.15) is 19.0 Å². The number of ether oxygens (including phenoxy) is 3. The lowest BCUT2D eigenvalue weighted by molar-refractivity contribution is 0.104. The summed E-state index contributed by atoms with van der Waals surface area (Å²) in [6, 6.07) is 28.5. The summed E-state index contributed by atoms with van der Waals surface area (Å²) in [5.41, 5.74) is 5.89. The first-order valence-corrected chi connectivity index (χ1v) is 18.0. The van der Waals surface area contributed by atoms with Crippen LogP contribution >= 0.6 is 11.3 Å². The molecule has 7 heteroatoms. The quantitative estimate of drug-likeness (QED) is 0.118. The van der Waals surface area contributed by atoms with Crippen molar-refractivity contribution in [1.82, 2.24) is 9.80 Å². The third kappa shape index (κ3) is 7.29. The summed E-state index contributed by atoms with van der Waals surface area (Å²) >= 11 is 1.61. The largest absolute Gasteiger partial charge is 0.493 e. The maximum atomic E-state index is 14.5. The molecule has 3 heterocycles. The Morgan fingerprint density at radius 1 is 0.792 bits per heavy atom. The van der Waals surface area contributed by atoms with Crippen molar-refractivity contribution < 1.29 is 19.0 Å². The van der Waals surface area contributed by atoms with Crippen molar-refractivity contribution in [2.45, 2.75) is 45.8 Å². The van der Waals surface area contributed by atoms with E-state index in [4.69, 9.17) is 14.2 Å². The molecule has 48 heavy (non-hydrogen) atoms. The van der Waals surface area contributed by atoms with E-state index in [9.17, 15) is 4.79 Å². The van der Waals surface area contributed by atoms with Crippen molar-refractivity contribution in [1.29, 1.82) is 0 Å². The van der Waals surface area contributed by atoms with Crippen LogP contribution in [0.4, 0.5) is 0 Å². The number of carbonyl (C=O) groups excluding carboxylic acids is 1. The Balaban J connectivity index is 1.21. The van der Waals surface area contributed by atoms with E-state index in [0.29, 0.717) is 30.1 Å². The number of hydrogen-bond donors (Lipinski definition) is 0. The topological polar surface area (TPSA) is 51.2 Å². The zero-order valence-electron chi connectivity index (χ0n) is 28.0. The Hall–Kier alpha value is -4.17. The lowest BCUT2D eigenvalue weighted by Gasteiger charge is -2.17. The lowest BCUT2D eigenvalue weighted by atomic mass is 9.95. The molecule has 0 saturated carbocycles. The number of carbonyl (C=O) groups is 1. The molecular formula is C41H44N2O4S. The summed E-state index contributed by atoms with van der Waals surface area (Å²) in [6.07, 6.45) is 5.05. The van der Waals surface area contributed by atoms with E-state index in [2.05, 4.69) is 47.1 Å². The number of hydrogen-bond acceptors (Lipinski definition) is 7. The predicted molar refractivity (Wildman–Crippen MR) is 195 cm³/mol. The highest BCUT2D eigenvalue weighted by Gasteiger charge is 2.24. The summed E-state index contributed by atoms with van der Waals surface area (Å²) in [7, 11) is 1.67. The van der Waals surface area contributed by atoms with Gasteiger partial charge in [0.2, 0.25) is 0 Å². The highest BCUT2D eigenvalue weighted by molar-refractivity contribution is 7.22. The van der Waals surface area contributed by atoms with Crippen LogP contribution in [-0.4, -0.2) is 62.0 Å². The molecule has 0 atom stereocenters. The Morgan fingerprint density at radius 2 is 1.56 bits per heavy atom. The number of likely N-dealkylation sites (tertiary alicyclic amines) is 2. The van der Waals surface area contributed by atoms with Gasteiger partial charge in [-0.25, -0.2) is 0 Å². The van der Waals surface area contributed by atoms with Crippen LogP contribution in [0.2, 0.25) is 0 Å². The number of fused-ring (bicyclic) bond motifs is 1. The van der Waals surface area contributed by atoms with Gasteiger partial charge >= 0.3 is 0 Å². The molecule has 0 amide bonds. The number of nitrogens with zero attached hydrogens (tertiary/aromatic N) is 2. The molecule has 0 radical (unpaired) electrons. The highest BCUT2D eigenvalue weighted by Crippen LogP contribution is 2.43. The number of ketones is 1. The van der Waals surface area contributed by atoms with Crippen LogP contribution in [0.25, 0.3) is 20.5 Å². The first-order valence-electron chi connectivity index (χ1n) is 17.2. The van der Waals surface area contributed by atoms with E-state index < -0.39 is 0 Å². The Kier molecular flexibility index (Phi) is 10.1. The second kappa shape index (κ2) is 14.9. The molecular weight excluding hydrogens is 617 g/mol. The third-order valence-electron chi connectivity index (χ3n) is 9.62. The monoisotopic (exact) mass is 660 g/mol. The molecule has 0 bridgehead atoms. The van der Waals surface area contributed by atoms with Crippen molar-refractivity contribution in [2.24, 2.45) is 0 Å². The van der Waals surface area contributed by atoms with Gasteiger partial charge in [-0.2, -0.15) is 0 Å². The summed E-state index contributed by atoms with van der Waals surface area (Å²) < 4.78 is 19.2. The van der Waals surface area contributed by atoms with E-state index in [1.807, 2.05) is 54.6 Å². The minimum Gasteiger partial charge on any atom is -0.493 e. The van der Waals surface area contributed by atoms with Crippen molar-refractivity contribution in [3.8, 4) is 27.7 Å². The van der Waals surface area contributed by atoms with Crippen LogP contribution in [0.5, 0.6) is 17.2 Å². The minimum absolute atomic E-state index is 0.0231. The molecule has 6 nitrogen and oxygen atoms in total. The van der Waals surface area contributed by atoms with E-state index in [-0.39, 0.29) is 5.78 Å². The van der Waals surface area contributed by atoms with Gasteiger partial charge in [0.15, 0.2) is 17.3 Å². The number of methoxy groups -OCH3 is 1. The molecule has 7 rings (SSSR count). The predicted octanol–water partition coefficient (Wildman–Crippen LogP) is 8.77. The first-order chi connectivity index (χ1) is 23.6. The Labute approximate surface area is 287 Å². The van der Waals surface area contributed by atoms with Crippen LogP contribution in [0, 0.1) is 6.92 Å². The second-order valence-corrected chi connectivity index (χ2v) is 14.0. The smallest absolute Gasteiger partial charge is 0.195 e. The average Bonchev–Trinajstić information content (AvgIpc) is 3.90. The van der Waals surface area contributed by atoms with E-state index in [1.54, 1.807) is 18.4 Å². The SMILES string of the molecule is COc1cc(-c2sc3cc(OCc4ccccc4)ccc3c2C(=O)c2ccc(CN3CCCC3)c(C)c2)ccc1OCCN1CCCC1. The number of thiophene rings is 1. The van der Waals surface area contributed by atoms with Crippen LogP contribution in [0.15, 0.2) is 84.9 Å². The number of benzene rings is 4.